The predicted octanol–water partition coefficient (Wildman–Crippen LogP) is 8.54. The molecule has 2 atom stereocenters. The van der Waals surface area contributed by atoms with Gasteiger partial charge in [-0.25, -0.2) is 4.39 Å². The molecule has 0 bridgehead atoms. The summed E-state index contributed by atoms with van der Waals surface area (Å²) >= 11 is 0. The normalized spacial score (nSPS) is 15.4. The van der Waals surface area contributed by atoms with E-state index in [2.05, 4.69) is 30.6 Å². The number of benzene rings is 3. The first-order chi connectivity index (χ1) is 21.0. The highest BCUT2D eigenvalue weighted by molar-refractivity contribution is 6.27. The van der Waals surface area contributed by atoms with Gasteiger partial charge in [-0.05, 0) is 123 Å². The number of nitrogens with one attached hydrogen (secondary N) is 2. The monoisotopic (exact) mass is 597 g/mol. The molecule has 3 aromatic rings. The molecule has 1 fully saturated rings. The molecule has 230 valence electrons. The van der Waals surface area contributed by atoms with Crippen molar-refractivity contribution in [3.05, 3.63) is 88.7 Å². The maximum atomic E-state index is 13.9. The molecule has 7 heteroatoms. The standard InChI is InChI=1S/C37H41F2N3O2/c1-6-23(2)34(26-11-15-30(39)16-12-26)35(25(4)43)31-21-32(33(19-24(31)3)41-18-8-17-38)27-9-7-10-28(20-27)36(44)42-37(5,22-40)29-13-14-29/h7,9-12,15-16,19-21,23,29,41H,6,8,13-14,17-18H2,1-5H3,(H,42,44)/b35-34+. The number of amides is 1. The number of hydrogen-bond donors (Lipinski definition) is 2. The molecule has 2 unspecified atom stereocenters. The van der Waals surface area contributed by atoms with Crippen LogP contribution in [-0.2, 0) is 4.79 Å². The van der Waals surface area contributed by atoms with Crippen LogP contribution in [0.1, 0.15) is 80.4 Å². The lowest BCUT2D eigenvalue weighted by Crippen LogP contribution is -2.46. The van der Waals surface area contributed by atoms with Gasteiger partial charge in [0, 0.05) is 28.9 Å². The minimum absolute atomic E-state index is 0.0116. The molecule has 5 nitrogen and oxygen atoms in total. The largest absolute Gasteiger partial charge is 0.384 e. The number of hydrogen-bond acceptors (Lipinski definition) is 4. The number of carbonyl (C=O) groups excluding carboxylic acids is 2. The Morgan fingerprint density at radius 3 is 2.39 bits per heavy atom. The van der Waals surface area contributed by atoms with E-state index in [1.165, 1.54) is 12.1 Å². The lowest BCUT2D eigenvalue weighted by Gasteiger charge is -2.24. The smallest absolute Gasteiger partial charge is 0.252 e. The molecule has 1 amide bonds. The van der Waals surface area contributed by atoms with Crippen LogP contribution in [0.3, 0.4) is 0 Å². The average Bonchev–Trinajstić information content (AvgIpc) is 3.87. The predicted molar refractivity (Wildman–Crippen MR) is 173 cm³/mol. The molecule has 3 aromatic carbocycles. The third-order valence-electron chi connectivity index (χ3n) is 8.58. The van der Waals surface area contributed by atoms with E-state index in [9.17, 15) is 23.6 Å². The molecule has 0 spiro atoms. The van der Waals surface area contributed by atoms with Gasteiger partial charge in [-0.2, -0.15) is 5.26 Å². The van der Waals surface area contributed by atoms with E-state index >= 15 is 0 Å². The summed E-state index contributed by atoms with van der Waals surface area (Å²) in [6.07, 6.45) is 2.93. The van der Waals surface area contributed by atoms with E-state index in [0.29, 0.717) is 24.1 Å². The van der Waals surface area contributed by atoms with Crippen LogP contribution in [0.2, 0.25) is 0 Å². The van der Waals surface area contributed by atoms with Crippen LogP contribution in [0.25, 0.3) is 22.3 Å². The Kier molecular flexibility index (Phi) is 10.4. The van der Waals surface area contributed by atoms with Crippen molar-refractivity contribution in [1.82, 2.24) is 5.32 Å². The highest BCUT2D eigenvalue weighted by Gasteiger charge is 2.43. The topological polar surface area (TPSA) is 82.0 Å². The first-order valence-electron chi connectivity index (χ1n) is 15.3. The van der Waals surface area contributed by atoms with Gasteiger partial charge in [0.05, 0.1) is 12.7 Å². The number of alkyl halides is 1. The minimum atomic E-state index is -0.933. The molecule has 2 N–H and O–H groups in total. The summed E-state index contributed by atoms with van der Waals surface area (Å²) in [7, 11) is 0. The van der Waals surface area contributed by atoms with Gasteiger partial charge in [-0.1, -0.05) is 38.1 Å². The molecule has 0 radical (unpaired) electrons. The zero-order valence-electron chi connectivity index (χ0n) is 26.2. The number of nitriles is 1. The highest BCUT2D eigenvalue weighted by atomic mass is 19.1. The molecule has 0 aromatic heterocycles. The molecule has 1 aliphatic rings. The Bertz CT molecular complexity index is 1600. The highest BCUT2D eigenvalue weighted by Crippen LogP contribution is 2.41. The number of aryl methyl sites for hydroxylation is 1. The van der Waals surface area contributed by atoms with Crippen molar-refractivity contribution < 1.29 is 18.4 Å². The van der Waals surface area contributed by atoms with Crippen LogP contribution in [-0.4, -0.2) is 30.4 Å². The van der Waals surface area contributed by atoms with Crippen molar-refractivity contribution in [3.8, 4) is 17.2 Å². The van der Waals surface area contributed by atoms with E-state index in [-0.39, 0.29) is 29.3 Å². The van der Waals surface area contributed by atoms with E-state index in [1.54, 1.807) is 44.2 Å². The zero-order chi connectivity index (χ0) is 32.0. The summed E-state index contributed by atoms with van der Waals surface area (Å²) in [6, 6.07) is 19.6. The number of Topliss-reactive ketones (excluding diaryl/α,β-unsaturated/α-hetero) is 1. The second-order valence-corrected chi connectivity index (χ2v) is 12.0. The average molecular weight is 598 g/mol. The third kappa shape index (κ3) is 7.24. The summed E-state index contributed by atoms with van der Waals surface area (Å²) in [5.41, 5.74) is 5.51. The minimum Gasteiger partial charge on any atom is -0.384 e. The Morgan fingerprint density at radius 2 is 1.80 bits per heavy atom. The Hall–Kier alpha value is -4.31. The Balaban J connectivity index is 1.89. The first kappa shape index (κ1) is 32.6. The number of rotatable bonds is 13. The lowest BCUT2D eigenvalue weighted by molar-refractivity contribution is -0.111. The van der Waals surface area contributed by atoms with Gasteiger partial charge in [0.15, 0.2) is 5.78 Å². The summed E-state index contributed by atoms with van der Waals surface area (Å²) in [6.45, 7) is 9.31. The molecular formula is C37H41F2N3O2. The fourth-order valence-electron chi connectivity index (χ4n) is 5.70. The van der Waals surface area contributed by atoms with Crippen LogP contribution in [0.5, 0.6) is 0 Å². The van der Waals surface area contributed by atoms with Crippen molar-refractivity contribution in [2.45, 2.75) is 65.8 Å². The number of allylic oxidation sites excluding steroid dienone is 2. The second kappa shape index (κ2) is 14.0. The van der Waals surface area contributed by atoms with Gasteiger partial charge in [0.2, 0.25) is 0 Å². The van der Waals surface area contributed by atoms with Crippen LogP contribution < -0.4 is 10.6 Å². The van der Waals surface area contributed by atoms with E-state index in [4.69, 9.17) is 0 Å². The maximum absolute atomic E-state index is 13.9. The van der Waals surface area contributed by atoms with E-state index in [1.807, 2.05) is 25.1 Å². The quantitative estimate of drug-likeness (QED) is 0.118. The van der Waals surface area contributed by atoms with Crippen molar-refractivity contribution >= 4 is 28.5 Å². The molecule has 0 heterocycles. The van der Waals surface area contributed by atoms with Gasteiger partial charge >= 0.3 is 0 Å². The van der Waals surface area contributed by atoms with Crippen LogP contribution in [0.4, 0.5) is 14.5 Å². The van der Waals surface area contributed by atoms with Crippen molar-refractivity contribution in [1.29, 1.82) is 5.26 Å². The van der Waals surface area contributed by atoms with Crippen molar-refractivity contribution in [2.24, 2.45) is 11.8 Å². The van der Waals surface area contributed by atoms with Crippen LogP contribution in [0, 0.1) is 35.9 Å². The number of carbonyl (C=O) groups is 2. The molecule has 4 rings (SSSR count). The second-order valence-electron chi connectivity index (χ2n) is 12.0. The van der Waals surface area contributed by atoms with Gasteiger partial charge in [-0.3, -0.25) is 14.0 Å². The molecule has 0 saturated heterocycles. The molecule has 1 aliphatic carbocycles. The fourth-order valence-corrected chi connectivity index (χ4v) is 5.70. The van der Waals surface area contributed by atoms with Gasteiger partial charge in [-0.15, -0.1) is 0 Å². The number of anilines is 1. The zero-order valence-corrected chi connectivity index (χ0v) is 26.2. The first-order valence-corrected chi connectivity index (χ1v) is 15.3. The lowest BCUT2D eigenvalue weighted by atomic mass is 9.81. The number of nitrogens with zero attached hydrogens (tertiary/aromatic N) is 1. The summed E-state index contributed by atoms with van der Waals surface area (Å²) in [5.74, 6) is -0.636. The Morgan fingerprint density at radius 1 is 1.09 bits per heavy atom. The number of halogens is 2. The molecular weight excluding hydrogens is 556 g/mol. The maximum Gasteiger partial charge on any atom is 0.252 e. The van der Waals surface area contributed by atoms with Gasteiger partial charge in [0.25, 0.3) is 5.91 Å². The van der Waals surface area contributed by atoms with Gasteiger partial charge < -0.3 is 10.6 Å². The van der Waals surface area contributed by atoms with Crippen LogP contribution >= 0.6 is 0 Å². The van der Waals surface area contributed by atoms with E-state index in [0.717, 1.165) is 58.3 Å². The summed E-state index contributed by atoms with van der Waals surface area (Å²) < 4.78 is 26.9. The van der Waals surface area contributed by atoms with Gasteiger partial charge in [0.1, 0.15) is 11.4 Å². The third-order valence-corrected chi connectivity index (χ3v) is 8.58. The van der Waals surface area contributed by atoms with Crippen LogP contribution in [0.15, 0.2) is 60.7 Å². The Labute approximate surface area is 259 Å². The molecule has 44 heavy (non-hydrogen) atoms. The summed E-state index contributed by atoms with van der Waals surface area (Å²) in [5, 5.41) is 16.0. The van der Waals surface area contributed by atoms with E-state index < -0.39 is 12.2 Å². The SMILES string of the molecule is CCC(C)/C(=C(/C(C)=O)c1cc(-c2cccc(C(=O)NC(C)(C#N)C3CC3)c2)c(NCCCF)cc1C)c1ccc(F)cc1. The molecule has 1 saturated carbocycles. The van der Waals surface area contributed by atoms with Crippen molar-refractivity contribution in [2.75, 3.05) is 18.5 Å². The number of ketones is 1. The summed E-state index contributed by atoms with van der Waals surface area (Å²) in [4.78, 5) is 26.8. The fraction of sp³-hybridized carbons (Fsp3) is 0.378. The molecule has 0 aliphatic heterocycles. The van der Waals surface area contributed by atoms with Crippen molar-refractivity contribution in [3.63, 3.8) is 0 Å².